The molecule has 0 saturated carbocycles. The summed E-state index contributed by atoms with van der Waals surface area (Å²) in [5.41, 5.74) is 14.8. The monoisotopic (exact) mass is 653 g/mol. The first kappa shape index (κ1) is 29.5. The lowest BCUT2D eigenvalue weighted by Gasteiger charge is -2.28. The molecule has 0 aliphatic heterocycles. The first-order valence-electron chi connectivity index (χ1n) is 17.7. The summed E-state index contributed by atoms with van der Waals surface area (Å²) in [6, 6.07) is 63.4. The second-order valence-electron chi connectivity index (χ2n) is 14.1. The number of anilines is 3. The summed E-state index contributed by atoms with van der Waals surface area (Å²) >= 11 is 0. The molecule has 0 amide bonds. The van der Waals surface area contributed by atoms with E-state index in [0.29, 0.717) is 0 Å². The largest absolute Gasteiger partial charge is 0.453 e. The van der Waals surface area contributed by atoms with Gasteiger partial charge in [-0.3, -0.25) is 0 Å². The number of benzene rings is 8. The Morgan fingerprint density at radius 2 is 1.06 bits per heavy atom. The molecule has 0 bridgehead atoms. The highest BCUT2D eigenvalue weighted by Gasteiger charge is 2.36. The molecule has 2 heteroatoms. The summed E-state index contributed by atoms with van der Waals surface area (Å²) in [7, 11) is 0. The van der Waals surface area contributed by atoms with E-state index in [1.54, 1.807) is 0 Å². The third kappa shape index (κ3) is 4.57. The van der Waals surface area contributed by atoms with Gasteiger partial charge in [0.2, 0.25) is 0 Å². The van der Waals surface area contributed by atoms with E-state index in [9.17, 15) is 0 Å². The minimum absolute atomic E-state index is 0.125. The van der Waals surface area contributed by atoms with E-state index in [1.165, 1.54) is 44.2 Å². The average Bonchev–Trinajstić information content (AvgIpc) is 3.69. The number of hydrogen-bond acceptors (Lipinski definition) is 2. The van der Waals surface area contributed by atoms with Crippen molar-refractivity contribution in [1.82, 2.24) is 0 Å². The molecule has 0 N–H and O–H groups in total. The van der Waals surface area contributed by atoms with Gasteiger partial charge in [0.05, 0.1) is 5.69 Å². The highest BCUT2D eigenvalue weighted by Crippen LogP contribution is 2.52. The number of para-hydroxylation sites is 1. The molecule has 0 radical (unpaired) electrons. The van der Waals surface area contributed by atoms with Crippen LogP contribution in [0.2, 0.25) is 0 Å². The molecule has 1 aliphatic rings. The smallest absolute Gasteiger partial charge is 0.159 e. The molecule has 51 heavy (non-hydrogen) atoms. The zero-order chi connectivity index (χ0) is 34.1. The van der Waals surface area contributed by atoms with Gasteiger partial charge in [-0.2, -0.15) is 0 Å². The minimum atomic E-state index is -0.125. The van der Waals surface area contributed by atoms with Gasteiger partial charge in [0, 0.05) is 33.1 Å². The van der Waals surface area contributed by atoms with Crippen LogP contribution in [0.5, 0.6) is 0 Å². The predicted molar refractivity (Wildman–Crippen MR) is 214 cm³/mol. The highest BCUT2D eigenvalue weighted by molar-refractivity contribution is 6.24. The number of furan rings is 1. The standard InChI is InChI=1S/C49H35NO/c1-49(2)43-22-12-11-20-39(43)40-29-28-37(31-44(40)49)50(36-26-24-33(25-27-36)32-14-5-3-6-15-32)45-23-13-21-41-46-38-19-10-9-18-35(38)30-42(48(46)51-47(41)45)34-16-7-4-8-17-34/h3-31H,1-2H3. The Labute approximate surface area is 297 Å². The molecule has 2 nitrogen and oxygen atoms in total. The number of nitrogens with zero attached hydrogens (tertiary/aromatic N) is 1. The molecular weight excluding hydrogens is 619 g/mol. The first-order valence-corrected chi connectivity index (χ1v) is 17.7. The first-order chi connectivity index (χ1) is 25.1. The number of rotatable bonds is 5. The third-order valence-corrected chi connectivity index (χ3v) is 10.9. The van der Waals surface area contributed by atoms with Crippen molar-refractivity contribution in [3.05, 3.63) is 187 Å². The zero-order valence-electron chi connectivity index (χ0n) is 28.6. The van der Waals surface area contributed by atoms with E-state index in [2.05, 4.69) is 195 Å². The molecule has 0 unspecified atom stereocenters. The van der Waals surface area contributed by atoms with Crippen molar-refractivity contribution in [3.8, 4) is 33.4 Å². The second-order valence-corrected chi connectivity index (χ2v) is 14.1. The van der Waals surface area contributed by atoms with Gasteiger partial charge in [-0.05, 0) is 86.1 Å². The number of fused-ring (bicyclic) bond motifs is 8. The van der Waals surface area contributed by atoms with Gasteiger partial charge in [0.25, 0.3) is 0 Å². The Morgan fingerprint density at radius 3 is 1.86 bits per heavy atom. The molecule has 242 valence electrons. The van der Waals surface area contributed by atoms with Gasteiger partial charge in [-0.1, -0.05) is 153 Å². The molecule has 0 spiro atoms. The summed E-state index contributed by atoms with van der Waals surface area (Å²) in [4.78, 5) is 2.38. The summed E-state index contributed by atoms with van der Waals surface area (Å²) in [6.45, 7) is 4.69. The SMILES string of the molecule is CC1(C)c2ccccc2-c2ccc(N(c3ccc(-c4ccccc4)cc3)c3cccc4c3oc3c(-c5ccccc5)cc5ccccc5c34)cc21. The summed E-state index contributed by atoms with van der Waals surface area (Å²) < 4.78 is 7.14. The van der Waals surface area contributed by atoms with E-state index in [1.807, 2.05) is 0 Å². The average molecular weight is 654 g/mol. The van der Waals surface area contributed by atoms with Crippen LogP contribution in [0.25, 0.3) is 66.1 Å². The lowest BCUT2D eigenvalue weighted by Crippen LogP contribution is -2.16. The van der Waals surface area contributed by atoms with Gasteiger partial charge in [0.1, 0.15) is 5.58 Å². The fourth-order valence-corrected chi connectivity index (χ4v) is 8.33. The van der Waals surface area contributed by atoms with Crippen LogP contribution in [-0.4, -0.2) is 0 Å². The summed E-state index contributed by atoms with van der Waals surface area (Å²) in [5, 5.41) is 4.65. The van der Waals surface area contributed by atoms with E-state index in [0.717, 1.165) is 50.1 Å². The van der Waals surface area contributed by atoms with Gasteiger partial charge in [-0.25, -0.2) is 0 Å². The maximum absolute atomic E-state index is 7.14. The van der Waals surface area contributed by atoms with Crippen LogP contribution in [-0.2, 0) is 5.41 Å². The molecule has 8 aromatic carbocycles. The Bertz CT molecular complexity index is 2760. The van der Waals surface area contributed by atoms with Gasteiger partial charge in [0.15, 0.2) is 5.58 Å². The molecular formula is C49H35NO. The summed E-state index contributed by atoms with van der Waals surface area (Å²) in [6.07, 6.45) is 0. The minimum Gasteiger partial charge on any atom is -0.453 e. The maximum atomic E-state index is 7.14. The van der Waals surface area contributed by atoms with Gasteiger partial charge < -0.3 is 9.32 Å². The maximum Gasteiger partial charge on any atom is 0.159 e. The van der Waals surface area contributed by atoms with E-state index >= 15 is 0 Å². The van der Waals surface area contributed by atoms with Crippen LogP contribution in [0.15, 0.2) is 180 Å². The lowest BCUT2D eigenvalue weighted by atomic mass is 9.82. The van der Waals surface area contributed by atoms with Crippen molar-refractivity contribution in [2.45, 2.75) is 19.3 Å². The van der Waals surface area contributed by atoms with Crippen molar-refractivity contribution in [1.29, 1.82) is 0 Å². The molecule has 10 rings (SSSR count). The molecule has 1 aromatic heterocycles. The van der Waals surface area contributed by atoms with Gasteiger partial charge >= 0.3 is 0 Å². The van der Waals surface area contributed by atoms with Crippen molar-refractivity contribution in [2.24, 2.45) is 0 Å². The van der Waals surface area contributed by atoms with E-state index < -0.39 is 0 Å². The van der Waals surface area contributed by atoms with E-state index in [4.69, 9.17) is 4.42 Å². The highest BCUT2D eigenvalue weighted by atomic mass is 16.3. The van der Waals surface area contributed by atoms with Crippen molar-refractivity contribution in [3.63, 3.8) is 0 Å². The van der Waals surface area contributed by atoms with Crippen molar-refractivity contribution >= 4 is 49.8 Å². The molecule has 1 heterocycles. The second kappa shape index (κ2) is 11.3. The predicted octanol–water partition coefficient (Wildman–Crippen LogP) is 13.8. The van der Waals surface area contributed by atoms with Crippen LogP contribution in [0.4, 0.5) is 17.1 Å². The van der Waals surface area contributed by atoms with Crippen LogP contribution in [0.3, 0.4) is 0 Å². The van der Waals surface area contributed by atoms with Crippen LogP contribution in [0.1, 0.15) is 25.0 Å². The Kier molecular flexibility index (Phi) is 6.56. The Hall–Kier alpha value is -6.38. The quantitative estimate of drug-likeness (QED) is 0.184. The van der Waals surface area contributed by atoms with Crippen LogP contribution < -0.4 is 4.90 Å². The van der Waals surface area contributed by atoms with Crippen molar-refractivity contribution < 1.29 is 4.42 Å². The molecule has 1 aliphatic carbocycles. The topological polar surface area (TPSA) is 16.4 Å². The van der Waals surface area contributed by atoms with Gasteiger partial charge in [-0.15, -0.1) is 0 Å². The molecule has 0 atom stereocenters. The number of hydrogen-bond donors (Lipinski definition) is 0. The third-order valence-electron chi connectivity index (χ3n) is 10.9. The van der Waals surface area contributed by atoms with Crippen LogP contribution in [0, 0.1) is 0 Å². The molecule has 0 fully saturated rings. The Balaban J connectivity index is 1.24. The lowest BCUT2D eigenvalue weighted by molar-refractivity contribution is 0.660. The van der Waals surface area contributed by atoms with Crippen LogP contribution >= 0.6 is 0 Å². The molecule has 0 saturated heterocycles. The Morgan fingerprint density at radius 1 is 0.431 bits per heavy atom. The fourth-order valence-electron chi connectivity index (χ4n) is 8.33. The van der Waals surface area contributed by atoms with E-state index in [-0.39, 0.29) is 5.41 Å². The molecule has 9 aromatic rings. The zero-order valence-corrected chi connectivity index (χ0v) is 28.6. The fraction of sp³-hybridized carbons (Fsp3) is 0.0612. The van der Waals surface area contributed by atoms with Crippen molar-refractivity contribution in [2.75, 3.05) is 4.90 Å². The normalized spacial score (nSPS) is 13.1. The summed E-state index contributed by atoms with van der Waals surface area (Å²) in [5.74, 6) is 0.